The Kier molecular flexibility index (Phi) is 5.84. The molecule has 0 fully saturated rings. The monoisotopic (exact) mass is 593 g/mol. The molecule has 0 unspecified atom stereocenters. The Bertz CT molecular complexity index is 2190. The van der Waals surface area contributed by atoms with Gasteiger partial charge in [0.05, 0.1) is 5.41 Å². The van der Waals surface area contributed by atoms with Crippen LogP contribution in [0.15, 0.2) is 170 Å². The highest BCUT2D eigenvalue weighted by Crippen LogP contribution is 2.63. The summed E-state index contributed by atoms with van der Waals surface area (Å²) in [6, 6.07) is 61.3. The van der Waals surface area contributed by atoms with Gasteiger partial charge in [0.1, 0.15) is 0 Å². The molecular weight excluding hydrogens is 566 g/mol. The molecule has 0 bridgehead atoms. The molecule has 2 aliphatic carbocycles. The van der Waals surface area contributed by atoms with E-state index < -0.39 is 0 Å². The molecule has 7 aromatic carbocycles. The number of anilines is 3. The maximum atomic E-state index is 6.58. The number of rotatable bonds is 4. The minimum Gasteiger partial charge on any atom is -0.310 e. The van der Waals surface area contributed by atoms with Gasteiger partial charge in [0.2, 0.25) is 0 Å². The third kappa shape index (κ3) is 3.81. The molecule has 2 heteroatoms. The van der Waals surface area contributed by atoms with Crippen LogP contribution >= 0.6 is 11.6 Å². The van der Waals surface area contributed by atoms with Crippen molar-refractivity contribution in [3.63, 3.8) is 0 Å². The van der Waals surface area contributed by atoms with Crippen LogP contribution in [0.4, 0.5) is 17.1 Å². The fourth-order valence-electron chi connectivity index (χ4n) is 7.72. The van der Waals surface area contributed by atoms with Crippen molar-refractivity contribution >= 4 is 28.7 Å². The fourth-order valence-corrected chi connectivity index (χ4v) is 7.91. The van der Waals surface area contributed by atoms with Crippen molar-refractivity contribution < 1.29 is 0 Å². The second-order valence-electron chi connectivity index (χ2n) is 11.8. The first kappa shape index (κ1) is 26.1. The summed E-state index contributed by atoms with van der Waals surface area (Å²) in [5.74, 6) is 0. The SMILES string of the molecule is Clc1cccc(N(c2ccc(-c3ccccc3)cc2)c2ccc3c(c2)-c2ccccc2C32c3ccccc3-c3ccccc32)c1. The zero-order chi connectivity index (χ0) is 30.0. The molecule has 1 spiro atoms. The number of nitrogens with zero attached hydrogens (tertiary/aromatic N) is 1. The Labute approximate surface area is 268 Å². The highest BCUT2D eigenvalue weighted by molar-refractivity contribution is 6.30. The average molecular weight is 594 g/mol. The van der Waals surface area contributed by atoms with Crippen LogP contribution in [0.5, 0.6) is 0 Å². The maximum absolute atomic E-state index is 6.58. The first-order chi connectivity index (χ1) is 22.2. The zero-order valence-corrected chi connectivity index (χ0v) is 25.2. The molecule has 0 saturated heterocycles. The standard InChI is InChI=1S/C43H28ClN/c44-31-13-10-14-33(27-31)45(32-23-21-30(22-24-32)29-11-2-1-3-12-29)34-25-26-42-38(28-34)37-17-6-9-20-41(37)43(42)39-18-7-4-15-35(39)36-16-5-8-19-40(36)43/h1-28H. The molecule has 212 valence electrons. The van der Waals surface area contributed by atoms with Gasteiger partial charge >= 0.3 is 0 Å². The third-order valence-corrected chi connectivity index (χ3v) is 9.77. The van der Waals surface area contributed by atoms with Crippen LogP contribution in [0.25, 0.3) is 33.4 Å². The fraction of sp³-hybridized carbons (Fsp3) is 0.0233. The molecule has 9 rings (SSSR count). The Balaban J connectivity index is 1.26. The quantitative estimate of drug-likeness (QED) is 0.196. The summed E-state index contributed by atoms with van der Waals surface area (Å²) in [5, 5.41) is 0.711. The lowest BCUT2D eigenvalue weighted by atomic mass is 9.70. The molecule has 7 aromatic rings. The Morgan fingerprint density at radius 3 is 1.47 bits per heavy atom. The van der Waals surface area contributed by atoms with Crippen LogP contribution in [0, 0.1) is 0 Å². The highest BCUT2D eigenvalue weighted by Gasteiger charge is 2.51. The largest absolute Gasteiger partial charge is 0.310 e. The zero-order valence-electron chi connectivity index (χ0n) is 24.5. The number of halogens is 1. The minimum absolute atomic E-state index is 0.351. The molecular formula is C43H28ClN. The Morgan fingerprint density at radius 1 is 0.356 bits per heavy atom. The van der Waals surface area contributed by atoms with E-state index in [1.54, 1.807) is 0 Å². The Morgan fingerprint density at radius 2 is 0.844 bits per heavy atom. The first-order valence-corrected chi connectivity index (χ1v) is 15.8. The van der Waals surface area contributed by atoms with Gasteiger partial charge in [0, 0.05) is 22.1 Å². The van der Waals surface area contributed by atoms with Crippen LogP contribution < -0.4 is 4.90 Å². The molecule has 0 heterocycles. The van der Waals surface area contributed by atoms with E-state index in [0.717, 1.165) is 17.1 Å². The lowest BCUT2D eigenvalue weighted by Crippen LogP contribution is -2.25. The van der Waals surface area contributed by atoms with E-state index in [1.165, 1.54) is 55.6 Å². The summed E-state index contributed by atoms with van der Waals surface area (Å²) in [6.45, 7) is 0. The van der Waals surface area contributed by atoms with Gasteiger partial charge in [-0.05, 0) is 98.1 Å². The van der Waals surface area contributed by atoms with Crippen molar-refractivity contribution in [2.45, 2.75) is 5.41 Å². The van der Waals surface area contributed by atoms with E-state index in [1.807, 2.05) is 18.2 Å². The predicted molar refractivity (Wildman–Crippen MR) is 188 cm³/mol. The van der Waals surface area contributed by atoms with Crippen LogP contribution in [0.1, 0.15) is 22.3 Å². The summed E-state index contributed by atoms with van der Waals surface area (Å²) in [4.78, 5) is 2.31. The van der Waals surface area contributed by atoms with Gasteiger partial charge < -0.3 is 4.90 Å². The van der Waals surface area contributed by atoms with Crippen molar-refractivity contribution in [2.75, 3.05) is 4.90 Å². The molecule has 45 heavy (non-hydrogen) atoms. The molecule has 0 N–H and O–H groups in total. The number of benzene rings is 7. The minimum atomic E-state index is -0.351. The van der Waals surface area contributed by atoms with Gasteiger partial charge in [0.25, 0.3) is 0 Å². The lowest BCUT2D eigenvalue weighted by Gasteiger charge is -2.31. The predicted octanol–water partition coefficient (Wildman–Crippen LogP) is 11.8. The first-order valence-electron chi connectivity index (χ1n) is 15.4. The van der Waals surface area contributed by atoms with E-state index in [-0.39, 0.29) is 5.41 Å². The van der Waals surface area contributed by atoms with Crippen LogP contribution in [-0.2, 0) is 5.41 Å². The smallest absolute Gasteiger partial charge is 0.0725 e. The van der Waals surface area contributed by atoms with E-state index in [9.17, 15) is 0 Å². The topological polar surface area (TPSA) is 3.24 Å². The van der Waals surface area contributed by atoms with Crippen LogP contribution in [0.3, 0.4) is 0 Å². The molecule has 0 atom stereocenters. The van der Waals surface area contributed by atoms with Crippen LogP contribution in [-0.4, -0.2) is 0 Å². The van der Waals surface area contributed by atoms with Crippen molar-refractivity contribution in [1.82, 2.24) is 0 Å². The van der Waals surface area contributed by atoms with Crippen molar-refractivity contribution in [2.24, 2.45) is 0 Å². The van der Waals surface area contributed by atoms with Crippen molar-refractivity contribution in [3.8, 4) is 33.4 Å². The number of hydrogen-bond acceptors (Lipinski definition) is 1. The number of hydrogen-bond donors (Lipinski definition) is 0. The molecule has 2 aliphatic rings. The number of fused-ring (bicyclic) bond motifs is 10. The lowest BCUT2D eigenvalue weighted by molar-refractivity contribution is 0.794. The van der Waals surface area contributed by atoms with Gasteiger partial charge in [-0.3, -0.25) is 0 Å². The van der Waals surface area contributed by atoms with Crippen molar-refractivity contribution in [3.05, 3.63) is 197 Å². The highest BCUT2D eigenvalue weighted by atomic mass is 35.5. The van der Waals surface area contributed by atoms with Gasteiger partial charge in [-0.1, -0.05) is 139 Å². The summed E-state index contributed by atoms with van der Waals surface area (Å²) >= 11 is 6.58. The van der Waals surface area contributed by atoms with Crippen LogP contribution in [0.2, 0.25) is 5.02 Å². The molecule has 0 amide bonds. The van der Waals surface area contributed by atoms with E-state index in [2.05, 4.69) is 157 Å². The second kappa shape index (κ2) is 10.1. The van der Waals surface area contributed by atoms with Gasteiger partial charge in [0.15, 0.2) is 0 Å². The maximum Gasteiger partial charge on any atom is 0.0725 e. The Hall–Kier alpha value is -5.37. The van der Waals surface area contributed by atoms with E-state index >= 15 is 0 Å². The molecule has 1 nitrogen and oxygen atoms in total. The average Bonchev–Trinajstić information content (AvgIpc) is 3.56. The molecule has 0 saturated carbocycles. The summed E-state index contributed by atoms with van der Waals surface area (Å²) in [6.07, 6.45) is 0. The second-order valence-corrected chi connectivity index (χ2v) is 12.3. The van der Waals surface area contributed by atoms with Crippen molar-refractivity contribution in [1.29, 1.82) is 0 Å². The van der Waals surface area contributed by atoms with Gasteiger partial charge in [-0.2, -0.15) is 0 Å². The van der Waals surface area contributed by atoms with E-state index in [4.69, 9.17) is 11.6 Å². The molecule has 0 aliphatic heterocycles. The van der Waals surface area contributed by atoms with E-state index in [0.29, 0.717) is 5.02 Å². The molecule has 0 radical (unpaired) electrons. The van der Waals surface area contributed by atoms with Gasteiger partial charge in [-0.15, -0.1) is 0 Å². The molecule has 0 aromatic heterocycles. The normalized spacial score (nSPS) is 13.2. The summed E-state index contributed by atoms with van der Waals surface area (Å²) in [5.41, 5.74) is 15.8. The summed E-state index contributed by atoms with van der Waals surface area (Å²) < 4.78 is 0. The third-order valence-electron chi connectivity index (χ3n) is 9.54. The van der Waals surface area contributed by atoms with Gasteiger partial charge in [-0.25, -0.2) is 0 Å². The summed E-state index contributed by atoms with van der Waals surface area (Å²) in [7, 11) is 0.